The summed E-state index contributed by atoms with van der Waals surface area (Å²) in [7, 11) is 0. The maximum absolute atomic E-state index is 10.6. The minimum absolute atomic E-state index is 0. The van der Waals surface area contributed by atoms with Gasteiger partial charge in [-0.05, 0) is 41.8 Å². The van der Waals surface area contributed by atoms with Gasteiger partial charge < -0.3 is 9.29 Å². The molecule has 1 aromatic carbocycles. The molecule has 0 saturated heterocycles. The van der Waals surface area contributed by atoms with Gasteiger partial charge in [0.05, 0.1) is 6.61 Å². The smallest absolute Gasteiger partial charge is 0.768 e. The number of rotatable bonds is 6. The normalized spacial score (nSPS) is 11.6. The minimum atomic E-state index is -2.15. The first-order valence-electron chi connectivity index (χ1n) is 5.06. The van der Waals surface area contributed by atoms with Crippen LogP contribution >= 0.6 is 0 Å². The Morgan fingerprint density at radius 3 is 2.38 bits per heavy atom. The molecule has 1 atom stereocenters. The average Bonchev–Trinajstić information content (AvgIpc) is 2.25. The molecule has 1 aromatic rings. The summed E-state index contributed by atoms with van der Waals surface area (Å²) >= 11 is -2.15. The van der Waals surface area contributed by atoms with Gasteiger partial charge >= 0.3 is 29.6 Å². The summed E-state index contributed by atoms with van der Waals surface area (Å²) in [6.45, 7) is 2.83. The molecule has 0 radical (unpaired) electrons. The van der Waals surface area contributed by atoms with Gasteiger partial charge in [0, 0.05) is 4.90 Å². The van der Waals surface area contributed by atoms with E-state index in [0.717, 1.165) is 25.0 Å². The zero-order valence-electron chi connectivity index (χ0n) is 9.77. The SMILES string of the molecule is CCCCCOc1ccc(S(=O)[O-])cc1.[Na+]. The molecule has 0 aliphatic heterocycles. The number of hydrogen-bond acceptors (Lipinski definition) is 3. The van der Waals surface area contributed by atoms with Gasteiger partial charge in [0.15, 0.2) is 0 Å². The van der Waals surface area contributed by atoms with Crippen molar-refractivity contribution in [2.75, 3.05) is 6.61 Å². The van der Waals surface area contributed by atoms with E-state index in [9.17, 15) is 8.76 Å². The van der Waals surface area contributed by atoms with Crippen LogP contribution in [0.5, 0.6) is 5.75 Å². The van der Waals surface area contributed by atoms with Crippen LogP contribution in [0, 0.1) is 0 Å². The van der Waals surface area contributed by atoms with E-state index in [2.05, 4.69) is 6.92 Å². The van der Waals surface area contributed by atoms with Crippen LogP contribution in [0.3, 0.4) is 0 Å². The van der Waals surface area contributed by atoms with Crippen molar-refractivity contribution < 1.29 is 43.1 Å². The van der Waals surface area contributed by atoms with Gasteiger partial charge in [-0.15, -0.1) is 0 Å². The molecule has 16 heavy (non-hydrogen) atoms. The monoisotopic (exact) mass is 250 g/mol. The van der Waals surface area contributed by atoms with Crippen LogP contribution in [-0.4, -0.2) is 15.4 Å². The summed E-state index contributed by atoms with van der Waals surface area (Å²) in [5.41, 5.74) is 0. The van der Waals surface area contributed by atoms with Crippen LogP contribution in [0.4, 0.5) is 0 Å². The van der Waals surface area contributed by atoms with Crippen molar-refractivity contribution in [1.29, 1.82) is 0 Å². The van der Waals surface area contributed by atoms with Crippen molar-refractivity contribution in [2.45, 2.75) is 31.1 Å². The third-order valence-corrected chi connectivity index (χ3v) is 2.69. The van der Waals surface area contributed by atoms with Gasteiger partial charge in [0.1, 0.15) is 5.75 Å². The predicted molar refractivity (Wildman–Crippen MR) is 58.6 cm³/mol. The molecule has 0 aliphatic carbocycles. The summed E-state index contributed by atoms with van der Waals surface area (Å²) < 4.78 is 26.6. The van der Waals surface area contributed by atoms with Crippen LogP contribution in [-0.2, 0) is 11.1 Å². The largest absolute Gasteiger partial charge is 1.00 e. The molecule has 0 fully saturated rings. The molecule has 0 spiro atoms. The van der Waals surface area contributed by atoms with E-state index in [-0.39, 0.29) is 34.5 Å². The quantitative estimate of drug-likeness (QED) is 0.388. The second kappa shape index (κ2) is 9.19. The molecular weight excluding hydrogens is 235 g/mol. The molecule has 0 saturated carbocycles. The Labute approximate surface area is 121 Å². The number of hydrogen-bond donors (Lipinski definition) is 0. The van der Waals surface area contributed by atoms with Crippen LogP contribution in [0.1, 0.15) is 26.2 Å². The molecular formula is C11H15NaO3S. The third kappa shape index (κ3) is 6.01. The van der Waals surface area contributed by atoms with Crippen molar-refractivity contribution in [1.82, 2.24) is 0 Å². The molecule has 0 aliphatic rings. The zero-order valence-corrected chi connectivity index (χ0v) is 12.6. The van der Waals surface area contributed by atoms with E-state index in [1.165, 1.54) is 12.1 Å². The molecule has 0 N–H and O–H groups in total. The summed E-state index contributed by atoms with van der Waals surface area (Å²) in [6, 6.07) is 6.44. The fourth-order valence-corrected chi connectivity index (χ4v) is 1.55. The third-order valence-electron chi connectivity index (χ3n) is 2.03. The Morgan fingerprint density at radius 2 is 1.88 bits per heavy atom. The molecule has 5 heteroatoms. The van der Waals surface area contributed by atoms with E-state index in [4.69, 9.17) is 4.74 Å². The van der Waals surface area contributed by atoms with E-state index >= 15 is 0 Å². The Hall–Kier alpha value is 0.130. The molecule has 1 unspecified atom stereocenters. The molecule has 0 amide bonds. The van der Waals surface area contributed by atoms with Crippen molar-refractivity contribution in [3.63, 3.8) is 0 Å². The van der Waals surface area contributed by atoms with Gasteiger partial charge in [0.2, 0.25) is 0 Å². The number of benzene rings is 1. The van der Waals surface area contributed by atoms with Crippen LogP contribution < -0.4 is 34.3 Å². The fourth-order valence-electron chi connectivity index (χ4n) is 1.19. The summed E-state index contributed by atoms with van der Waals surface area (Å²) in [6.07, 6.45) is 3.35. The van der Waals surface area contributed by atoms with Crippen molar-refractivity contribution in [3.05, 3.63) is 24.3 Å². The Kier molecular flexibility index (Phi) is 9.26. The number of ether oxygens (including phenoxy) is 1. The molecule has 3 nitrogen and oxygen atoms in total. The van der Waals surface area contributed by atoms with Crippen LogP contribution in [0.15, 0.2) is 29.2 Å². The van der Waals surface area contributed by atoms with E-state index in [0.29, 0.717) is 6.61 Å². The Bertz CT molecular complexity index is 314. The molecule has 1 rings (SSSR count). The van der Waals surface area contributed by atoms with Gasteiger partial charge in [-0.1, -0.05) is 19.8 Å². The van der Waals surface area contributed by atoms with Gasteiger partial charge in [0.25, 0.3) is 0 Å². The van der Waals surface area contributed by atoms with E-state index < -0.39 is 11.1 Å². The maximum atomic E-state index is 10.6. The predicted octanol–water partition coefficient (Wildman–Crippen LogP) is -0.502. The van der Waals surface area contributed by atoms with Crippen LogP contribution in [0.2, 0.25) is 0 Å². The minimum Gasteiger partial charge on any atom is -0.768 e. The topological polar surface area (TPSA) is 49.4 Å². The molecule has 0 aromatic heterocycles. The van der Waals surface area contributed by atoms with Crippen LogP contribution in [0.25, 0.3) is 0 Å². The molecule has 84 valence electrons. The maximum Gasteiger partial charge on any atom is 1.00 e. The molecule has 0 heterocycles. The average molecular weight is 250 g/mol. The van der Waals surface area contributed by atoms with E-state index in [1.54, 1.807) is 12.1 Å². The first kappa shape index (κ1) is 16.1. The summed E-state index contributed by atoms with van der Waals surface area (Å²) in [5, 5.41) is 0. The first-order valence-corrected chi connectivity index (χ1v) is 6.13. The Morgan fingerprint density at radius 1 is 1.25 bits per heavy atom. The van der Waals surface area contributed by atoms with Crippen molar-refractivity contribution >= 4 is 11.1 Å². The van der Waals surface area contributed by atoms with Gasteiger partial charge in [-0.2, -0.15) is 0 Å². The second-order valence-corrected chi connectivity index (χ2v) is 4.20. The number of unbranched alkanes of at least 4 members (excludes halogenated alkanes) is 2. The zero-order chi connectivity index (χ0) is 11.1. The summed E-state index contributed by atoms with van der Waals surface area (Å²) in [5.74, 6) is 0.723. The Balaban J connectivity index is 0.00000225. The van der Waals surface area contributed by atoms with Crippen molar-refractivity contribution in [2.24, 2.45) is 0 Å². The molecule has 0 bridgehead atoms. The standard InChI is InChI=1S/C11H16O3S.Na/c1-2-3-4-9-14-10-5-7-11(8-6-10)15(12)13;/h5-8H,2-4,9H2,1H3,(H,12,13);/q;+1/p-1. The van der Waals surface area contributed by atoms with Gasteiger partial charge in [-0.25, -0.2) is 0 Å². The second-order valence-electron chi connectivity index (χ2n) is 3.26. The first-order chi connectivity index (χ1) is 7.24. The van der Waals surface area contributed by atoms with E-state index in [1.807, 2.05) is 0 Å². The fraction of sp³-hybridized carbons (Fsp3) is 0.455. The summed E-state index contributed by atoms with van der Waals surface area (Å²) in [4.78, 5) is 0.288. The van der Waals surface area contributed by atoms with Gasteiger partial charge in [-0.3, -0.25) is 4.21 Å². The van der Waals surface area contributed by atoms with Crippen molar-refractivity contribution in [3.8, 4) is 5.75 Å².